The Morgan fingerprint density at radius 3 is 2.89 bits per heavy atom. The van der Waals surface area contributed by atoms with Crippen LogP contribution < -0.4 is 5.73 Å². The lowest BCUT2D eigenvalue weighted by atomic mass is 10.2. The third kappa shape index (κ3) is 5.07. The standard InChI is InChI=1S/C7H14N2/c1-3-4-5-7(2)9-6-8/h6H,2-5H2,1H3,(H2,8,9). The van der Waals surface area contributed by atoms with E-state index in [0.717, 1.165) is 18.5 Å². The summed E-state index contributed by atoms with van der Waals surface area (Å²) in [5.74, 6) is 0. The van der Waals surface area contributed by atoms with Crippen molar-refractivity contribution in [2.75, 3.05) is 0 Å². The molecule has 0 saturated heterocycles. The predicted molar refractivity (Wildman–Crippen MR) is 41.3 cm³/mol. The second-order valence-corrected chi connectivity index (χ2v) is 1.95. The summed E-state index contributed by atoms with van der Waals surface area (Å²) in [6, 6.07) is 0. The molecule has 0 aliphatic carbocycles. The van der Waals surface area contributed by atoms with Gasteiger partial charge in [0.15, 0.2) is 0 Å². The van der Waals surface area contributed by atoms with Crippen molar-refractivity contribution in [3.05, 3.63) is 12.3 Å². The molecule has 0 saturated carbocycles. The van der Waals surface area contributed by atoms with Gasteiger partial charge < -0.3 is 5.73 Å². The molecule has 2 N–H and O–H groups in total. The first-order valence-corrected chi connectivity index (χ1v) is 3.23. The Hall–Kier alpha value is -0.790. The summed E-state index contributed by atoms with van der Waals surface area (Å²) in [6.45, 7) is 5.84. The van der Waals surface area contributed by atoms with Crippen molar-refractivity contribution in [1.29, 1.82) is 0 Å². The molecule has 0 amide bonds. The van der Waals surface area contributed by atoms with E-state index < -0.39 is 0 Å². The van der Waals surface area contributed by atoms with Gasteiger partial charge in [-0.2, -0.15) is 0 Å². The van der Waals surface area contributed by atoms with E-state index in [1.165, 1.54) is 12.8 Å². The van der Waals surface area contributed by atoms with E-state index in [9.17, 15) is 0 Å². The topological polar surface area (TPSA) is 38.4 Å². The second kappa shape index (κ2) is 5.35. The maximum atomic E-state index is 5.05. The van der Waals surface area contributed by atoms with Crippen LogP contribution in [0, 0.1) is 0 Å². The summed E-state index contributed by atoms with van der Waals surface area (Å²) in [6.07, 6.45) is 4.58. The van der Waals surface area contributed by atoms with E-state index in [2.05, 4.69) is 18.5 Å². The summed E-state index contributed by atoms with van der Waals surface area (Å²) in [5, 5.41) is 0. The molecule has 0 aliphatic rings. The largest absolute Gasteiger partial charge is 0.390 e. The van der Waals surface area contributed by atoms with Gasteiger partial charge in [0, 0.05) is 5.70 Å². The predicted octanol–water partition coefficient (Wildman–Crippen LogP) is 1.68. The molecule has 9 heavy (non-hydrogen) atoms. The van der Waals surface area contributed by atoms with Crippen molar-refractivity contribution in [3.63, 3.8) is 0 Å². The van der Waals surface area contributed by atoms with Crippen LogP contribution in [0.4, 0.5) is 0 Å². The van der Waals surface area contributed by atoms with Gasteiger partial charge in [0.25, 0.3) is 0 Å². The number of hydrogen-bond acceptors (Lipinski definition) is 1. The van der Waals surface area contributed by atoms with Crippen molar-refractivity contribution < 1.29 is 0 Å². The average molecular weight is 126 g/mol. The van der Waals surface area contributed by atoms with Crippen LogP contribution in [0.1, 0.15) is 26.2 Å². The summed E-state index contributed by atoms with van der Waals surface area (Å²) in [5.41, 5.74) is 5.92. The molecule has 0 atom stereocenters. The summed E-state index contributed by atoms with van der Waals surface area (Å²) >= 11 is 0. The quantitative estimate of drug-likeness (QED) is 0.451. The Bertz CT molecular complexity index is 105. The average Bonchev–Trinajstić information content (AvgIpc) is 1.85. The van der Waals surface area contributed by atoms with Crippen molar-refractivity contribution in [3.8, 4) is 0 Å². The first-order valence-electron chi connectivity index (χ1n) is 3.23. The van der Waals surface area contributed by atoms with Gasteiger partial charge >= 0.3 is 0 Å². The smallest absolute Gasteiger partial charge is 0.0855 e. The SMILES string of the molecule is C=C(CCCC)N=CN. The molecule has 52 valence electrons. The molecule has 0 aromatic heterocycles. The highest BCUT2D eigenvalue weighted by molar-refractivity contribution is 5.53. The van der Waals surface area contributed by atoms with E-state index in [0.29, 0.717) is 0 Å². The van der Waals surface area contributed by atoms with Gasteiger partial charge in [-0.1, -0.05) is 19.9 Å². The van der Waals surface area contributed by atoms with Crippen LogP contribution in [0.5, 0.6) is 0 Å². The Kier molecular flexibility index (Phi) is 4.88. The number of allylic oxidation sites excluding steroid dienone is 1. The van der Waals surface area contributed by atoms with Crippen LogP contribution >= 0.6 is 0 Å². The minimum Gasteiger partial charge on any atom is -0.390 e. The van der Waals surface area contributed by atoms with Gasteiger partial charge in [0.1, 0.15) is 0 Å². The van der Waals surface area contributed by atoms with Gasteiger partial charge in [-0.25, -0.2) is 4.99 Å². The lowest BCUT2D eigenvalue weighted by molar-refractivity contribution is 0.784. The maximum Gasteiger partial charge on any atom is 0.0855 e. The van der Waals surface area contributed by atoms with Crippen molar-refractivity contribution >= 4 is 6.34 Å². The van der Waals surface area contributed by atoms with Crippen LogP contribution in [-0.2, 0) is 0 Å². The van der Waals surface area contributed by atoms with Gasteiger partial charge in [-0.3, -0.25) is 0 Å². The van der Waals surface area contributed by atoms with Crippen LogP contribution in [0.25, 0.3) is 0 Å². The third-order valence-corrected chi connectivity index (χ3v) is 1.08. The number of unbranched alkanes of at least 4 members (excludes halogenated alkanes) is 1. The molecular weight excluding hydrogens is 112 g/mol. The molecule has 0 heterocycles. The molecule has 0 radical (unpaired) electrons. The zero-order valence-electron chi connectivity index (χ0n) is 5.93. The third-order valence-electron chi connectivity index (χ3n) is 1.08. The molecule has 0 fully saturated rings. The molecule has 2 nitrogen and oxygen atoms in total. The van der Waals surface area contributed by atoms with E-state index in [1.807, 2.05) is 0 Å². The molecule has 2 heteroatoms. The Labute approximate surface area is 56.5 Å². The minimum absolute atomic E-state index is 0.874. The summed E-state index contributed by atoms with van der Waals surface area (Å²) in [4.78, 5) is 3.82. The Morgan fingerprint density at radius 2 is 2.44 bits per heavy atom. The molecule has 0 unspecified atom stereocenters. The summed E-state index contributed by atoms with van der Waals surface area (Å²) < 4.78 is 0. The molecule has 0 aromatic rings. The number of aliphatic imine (C=N–C) groups is 1. The van der Waals surface area contributed by atoms with Crippen molar-refractivity contribution in [2.45, 2.75) is 26.2 Å². The minimum atomic E-state index is 0.874. The summed E-state index contributed by atoms with van der Waals surface area (Å²) in [7, 11) is 0. The highest BCUT2D eigenvalue weighted by atomic mass is 14.8. The van der Waals surface area contributed by atoms with Crippen LogP contribution in [0.2, 0.25) is 0 Å². The first-order chi connectivity index (χ1) is 4.31. The van der Waals surface area contributed by atoms with Gasteiger partial charge in [0.2, 0.25) is 0 Å². The Balaban J connectivity index is 3.27. The maximum absolute atomic E-state index is 5.05. The van der Waals surface area contributed by atoms with E-state index in [-0.39, 0.29) is 0 Å². The fourth-order valence-electron chi connectivity index (χ4n) is 0.551. The van der Waals surface area contributed by atoms with Crippen molar-refractivity contribution in [1.82, 2.24) is 0 Å². The van der Waals surface area contributed by atoms with Crippen LogP contribution in [-0.4, -0.2) is 6.34 Å². The number of rotatable bonds is 4. The number of nitrogens with two attached hydrogens (primary N) is 1. The lowest BCUT2D eigenvalue weighted by Crippen LogP contribution is -1.89. The highest BCUT2D eigenvalue weighted by Gasteiger charge is 1.86. The molecule has 0 spiro atoms. The molecule has 0 rings (SSSR count). The van der Waals surface area contributed by atoms with Crippen molar-refractivity contribution in [2.24, 2.45) is 10.7 Å². The van der Waals surface area contributed by atoms with Crippen LogP contribution in [0.15, 0.2) is 17.3 Å². The lowest BCUT2D eigenvalue weighted by Gasteiger charge is -1.94. The zero-order chi connectivity index (χ0) is 7.11. The fraction of sp³-hybridized carbons (Fsp3) is 0.571. The van der Waals surface area contributed by atoms with E-state index in [4.69, 9.17) is 5.73 Å². The Morgan fingerprint density at radius 1 is 1.78 bits per heavy atom. The first kappa shape index (κ1) is 8.21. The van der Waals surface area contributed by atoms with E-state index >= 15 is 0 Å². The van der Waals surface area contributed by atoms with Crippen LogP contribution in [0.3, 0.4) is 0 Å². The normalized spacial score (nSPS) is 10.3. The van der Waals surface area contributed by atoms with Gasteiger partial charge in [-0.15, -0.1) is 0 Å². The van der Waals surface area contributed by atoms with Gasteiger partial charge in [0.05, 0.1) is 6.34 Å². The molecular formula is C7H14N2. The van der Waals surface area contributed by atoms with Gasteiger partial charge in [-0.05, 0) is 12.8 Å². The molecule has 0 bridgehead atoms. The zero-order valence-corrected chi connectivity index (χ0v) is 5.93. The highest BCUT2D eigenvalue weighted by Crippen LogP contribution is 2.04. The number of hydrogen-bond donors (Lipinski definition) is 1. The monoisotopic (exact) mass is 126 g/mol. The second-order valence-electron chi connectivity index (χ2n) is 1.95. The molecule has 0 aliphatic heterocycles. The molecule has 0 aromatic carbocycles. The number of nitrogens with zero attached hydrogens (tertiary/aromatic N) is 1. The fourth-order valence-corrected chi connectivity index (χ4v) is 0.551. The van der Waals surface area contributed by atoms with E-state index in [1.54, 1.807) is 0 Å².